The largest absolute Gasteiger partial charge is 0.473 e. The summed E-state index contributed by atoms with van der Waals surface area (Å²) in [4.78, 5) is 13.7. The third-order valence-corrected chi connectivity index (χ3v) is 7.64. The lowest BCUT2D eigenvalue weighted by Gasteiger charge is -2.36. The summed E-state index contributed by atoms with van der Waals surface area (Å²) < 4.78 is 52.8. The molecule has 226 valence electrons. The zero-order chi connectivity index (χ0) is 29.9. The zero-order valence-corrected chi connectivity index (χ0v) is 24.2. The number of halogens is 2. The Morgan fingerprint density at radius 1 is 1.19 bits per heavy atom. The van der Waals surface area contributed by atoms with Crippen LogP contribution in [0.3, 0.4) is 0 Å². The van der Waals surface area contributed by atoms with Gasteiger partial charge in [0.15, 0.2) is 5.79 Å². The van der Waals surface area contributed by atoms with Crippen LogP contribution in [-0.4, -0.2) is 73.3 Å². The van der Waals surface area contributed by atoms with Crippen LogP contribution < -0.4 is 20.7 Å². The minimum Gasteiger partial charge on any atom is -0.473 e. The van der Waals surface area contributed by atoms with Crippen LogP contribution in [0.4, 0.5) is 19.4 Å². The molecule has 0 aliphatic carbocycles. The Kier molecular flexibility index (Phi) is 8.78. The summed E-state index contributed by atoms with van der Waals surface area (Å²) in [6, 6.07) is 12.3. The van der Waals surface area contributed by atoms with Crippen molar-refractivity contribution in [1.29, 1.82) is 0 Å². The van der Waals surface area contributed by atoms with Gasteiger partial charge < -0.3 is 29.6 Å². The lowest BCUT2D eigenvalue weighted by molar-refractivity contribution is -0.141. The van der Waals surface area contributed by atoms with Crippen molar-refractivity contribution in [3.05, 3.63) is 71.3 Å². The summed E-state index contributed by atoms with van der Waals surface area (Å²) in [5.74, 6) is -1.67. The van der Waals surface area contributed by atoms with Crippen LogP contribution in [-0.2, 0) is 14.2 Å². The number of hydrogen-bond donors (Lipinski definition) is 3. The minimum absolute atomic E-state index is 0.222. The molecule has 2 aliphatic rings. The van der Waals surface area contributed by atoms with Gasteiger partial charge in [0.05, 0.1) is 23.4 Å². The highest BCUT2D eigenvalue weighted by Gasteiger charge is 2.45. The van der Waals surface area contributed by atoms with Gasteiger partial charge in [0.25, 0.3) is 0 Å². The van der Waals surface area contributed by atoms with E-state index in [1.54, 1.807) is 11.8 Å². The van der Waals surface area contributed by atoms with Crippen molar-refractivity contribution in [2.75, 3.05) is 45.3 Å². The maximum Gasteiger partial charge on any atom is 0.320 e. The number of hydrogen-bond acceptors (Lipinski definition) is 7. The highest BCUT2D eigenvalue weighted by Crippen LogP contribution is 2.36. The first-order valence-electron chi connectivity index (χ1n) is 13.9. The normalized spacial score (nSPS) is 23.2. The van der Waals surface area contributed by atoms with Crippen molar-refractivity contribution in [3.8, 4) is 11.6 Å². The molecule has 3 aromatic rings. The van der Waals surface area contributed by atoms with Crippen LogP contribution in [0.1, 0.15) is 37.3 Å². The van der Waals surface area contributed by atoms with Crippen molar-refractivity contribution in [1.82, 2.24) is 20.4 Å². The second kappa shape index (κ2) is 12.3. The molecule has 0 saturated carbocycles. The summed E-state index contributed by atoms with van der Waals surface area (Å²) in [5.41, 5.74) is 0.914. The Hall–Kier alpha value is -3.58. The molecule has 5 rings (SSSR count). The van der Waals surface area contributed by atoms with Crippen LogP contribution in [0.5, 0.6) is 5.88 Å². The van der Waals surface area contributed by atoms with E-state index in [0.29, 0.717) is 55.5 Å². The number of benzene rings is 2. The van der Waals surface area contributed by atoms with Gasteiger partial charge in [-0.15, -0.1) is 5.10 Å². The lowest BCUT2D eigenvalue weighted by atomic mass is 9.79. The van der Waals surface area contributed by atoms with E-state index in [9.17, 15) is 13.6 Å². The Morgan fingerprint density at radius 2 is 1.93 bits per heavy atom. The molecule has 3 heterocycles. The molecule has 2 amide bonds. The van der Waals surface area contributed by atoms with Crippen LogP contribution in [0.2, 0.25) is 0 Å². The molecule has 12 heteroatoms. The second-order valence-corrected chi connectivity index (χ2v) is 11.2. The molecule has 2 aromatic carbocycles. The Balaban J connectivity index is 1.40. The van der Waals surface area contributed by atoms with Crippen molar-refractivity contribution in [3.63, 3.8) is 0 Å². The summed E-state index contributed by atoms with van der Waals surface area (Å²) in [6.07, 6.45) is 0.152. The monoisotopic (exact) mass is 585 g/mol. The number of carbonyl (C=O) groups is 1. The van der Waals surface area contributed by atoms with Crippen LogP contribution >= 0.6 is 0 Å². The summed E-state index contributed by atoms with van der Waals surface area (Å²) in [7, 11) is 1.57. The third kappa shape index (κ3) is 6.57. The molecule has 42 heavy (non-hydrogen) atoms. The van der Waals surface area contributed by atoms with Crippen molar-refractivity contribution in [2.24, 2.45) is 0 Å². The van der Waals surface area contributed by atoms with Crippen LogP contribution in [0.15, 0.2) is 48.5 Å². The molecule has 0 unspecified atom stereocenters. The van der Waals surface area contributed by atoms with Crippen molar-refractivity contribution >= 4 is 11.8 Å². The van der Waals surface area contributed by atoms with Gasteiger partial charge in [-0.1, -0.05) is 18.2 Å². The number of ether oxygens (including phenoxy) is 4. The molecule has 2 aliphatic heterocycles. The highest BCUT2D eigenvalue weighted by molar-refractivity contribution is 5.90. The Labute approximate surface area is 243 Å². The molecule has 0 bridgehead atoms. The molecular weight excluding hydrogens is 548 g/mol. The van der Waals surface area contributed by atoms with Crippen LogP contribution in [0, 0.1) is 18.6 Å². The molecule has 2 saturated heterocycles. The smallest absolute Gasteiger partial charge is 0.320 e. The third-order valence-electron chi connectivity index (χ3n) is 7.64. The predicted molar refractivity (Wildman–Crippen MR) is 152 cm³/mol. The Morgan fingerprint density at radius 3 is 2.60 bits per heavy atom. The fraction of sp³-hybridized carbons (Fsp3) is 0.467. The van der Waals surface area contributed by atoms with E-state index in [0.717, 1.165) is 11.8 Å². The first-order chi connectivity index (χ1) is 20.1. The number of para-hydroxylation sites is 1. The first-order valence-corrected chi connectivity index (χ1v) is 13.9. The number of urea groups is 1. The standard InChI is InChI=1S/C30H37F2N5O5/c1-19-26(37(23-8-6-5-7-9-23)36-27(19)40-16-24-17-41-29(2,3)42-24)34-28(38)35-30(10-11-39-4)18-33-15-25(30)20-12-21(31)14-22(32)13-20/h5-9,12-14,24-25,33H,10-11,15-18H2,1-4H3,(H2,34,35,38)/t24-,25+,30-/m1/s1. The number of carbonyl (C=O) groups excluding carboxylic acids is 1. The number of nitrogens with zero attached hydrogens (tertiary/aromatic N) is 2. The van der Waals surface area contributed by atoms with E-state index in [1.165, 1.54) is 12.1 Å². The fourth-order valence-corrected chi connectivity index (χ4v) is 5.61. The van der Waals surface area contributed by atoms with Gasteiger partial charge in [-0.2, -0.15) is 0 Å². The van der Waals surface area contributed by atoms with E-state index in [-0.39, 0.29) is 12.7 Å². The zero-order valence-electron chi connectivity index (χ0n) is 24.2. The van der Waals surface area contributed by atoms with Gasteiger partial charge in [0.1, 0.15) is 30.2 Å². The number of rotatable bonds is 10. The summed E-state index contributed by atoms with van der Waals surface area (Å²) in [5, 5.41) is 14.0. The average Bonchev–Trinajstić information content (AvgIpc) is 3.61. The van der Waals surface area contributed by atoms with Crippen LogP contribution in [0.25, 0.3) is 5.69 Å². The van der Waals surface area contributed by atoms with E-state index < -0.39 is 34.9 Å². The highest BCUT2D eigenvalue weighted by atomic mass is 19.1. The van der Waals surface area contributed by atoms with E-state index >= 15 is 0 Å². The topological polar surface area (TPSA) is 108 Å². The van der Waals surface area contributed by atoms with Gasteiger partial charge in [0, 0.05) is 38.8 Å². The molecule has 3 N–H and O–H groups in total. The molecule has 1 aromatic heterocycles. The molecule has 3 atom stereocenters. The fourth-order valence-electron chi connectivity index (χ4n) is 5.61. The van der Waals surface area contributed by atoms with Crippen molar-refractivity contribution in [2.45, 2.75) is 50.5 Å². The van der Waals surface area contributed by atoms with Gasteiger partial charge in [0.2, 0.25) is 5.88 Å². The van der Waals surface area contributed by atoms with E-state index in [2.05, 4.69) is 21.0 Å². The van der Waals surface area contributed by atoms with E-state index in [1.807, 2.05) is 51.1 Å². The summed E-state index contributed by atoms with van der Waals surface area (Å²) in [6.45, 7) is 7.26. The van der Waals surface area contributed by atoms with Gasteiger partial charge >= 0.3 is 6.03 Å². The maximum absolute atomic E-state index is 14.2. The quantitative estimate of drug-likeness (QED) is 0.326. The second-order valence-electron chi connectivity index (χ2n) is 11.2. The molecule has 10 nitrogen and oxygen atoms in total. The predicted octanol–water partition coefficient (Wildman–Crippen LogP) is 4.27. The molecule has 0 spiro atoms. The lowest BCUT2D eigenvalue weighted by Crippen LogP contribution is -2.55. The number of amides is 2. The molecular formula is C30H37F2N5O5. The number of methoxy groups -OCH3 is 1. The number of aromatic nitrogens is 2. The molecule has 0 radical (unpaired) electrons. The minimum atomic E-state index is -0.877. The van der Waals surface area contributed by atoms with Crippen molar-refractivity contribution < 1.29 is 32.5 Å². The van der Waals surface area contributed by atoms with Gasteiger partial charge in [-0.3, -0.25) is 5.32 Å². The maximum atomic E-state index is 14.2. The summed E-state index contributed by atoms with van der Waals surface area (Å²) >= 11 is 0. The average molecular weight is 586 g/mol. The Bertz CT molecular complexity index is 1380. The van der Waals surface area contributed by atoms with E-state index in [4.69, 9.17) is 18.9 Å². The first kappa shape index (κ1) is 29.9. The molecule has 2 fully saturated rings. The SMILES string of the molecule is COCC[C@@]1(NC(=O)Nc2c(C)c(OC[C@@H]3COC(C)(C)O3)nn2-c2ccccc2)CNC[C@H]1c1cc(F)cc(F)c1. The number of anilines is 1. The number of nitrogens with one attached hydrogen (secondary N) is 3. The van der Waals surface area contributed by atoms with Gasteiger partial charge in [-0.05, 0) is 57.0 Å². The van der Waals surface area contributed by atoms with Gasteiger partial charge in [-0.25, -0.2) is 18.3 Å².